The summed E-state index contributed by atoms with van der Waals surface area (Å²) in [5, 5.41) is 0. The van der Waals surface area contributed by atoms with E-state index >= 15 is 0 Å². The van der Waals surface area contributed by atoms with E-state index in [0.29, 0.717) is 37.6 Å². The minimum atomic E-state index is -3.44. The lowest BCUT2D eigenvalue weighted by atomic mass is 10.2. The number of piperazine rings is 1. The summed E-state index contributed by atoms with van der Waals surface area (Å²) in [4.78, 5) is 1.59. The van der Waals surface area contributed by atoms with Crippen LogP contribution >= 0.6 is 15.9 Å². The van der Waals surface area contributed by atoms with E-state index in [1.54, 1.807) is 30.3 Å². The average molecular weight is 414 g/mol. The van der Waals surface area contributed by atoms with Gasteiger partial charge in [-0.3, -0.25) is 0 Å². The van der Waals surface area contributed by atoms with E-state index in [-0.39, 0.29) is 5.82 Å². The summed E-state index contributed by atoms with van der Waals surface area (Å²) < 4.78 is 41.0. The summed E-state index contributed by atoms with van der Waals surface area (Å²) in [5.74, 6) is -0.233. The van der Waals surface area contributed by atoms with E-state index in [1.807, 2.05) is 6.07 Å². The zero-order valence-corrected chi connectivity index (χ0v) is 15.5. The predicted molar refractivity (Wildman–Crippen MR) is 93.7 cm³/mol. The molecule has 128 valence electrons. The highest BCUT2D eigenvalue weighted by Gasteiger charge is 2.30. The molecule has 1 N–H and O–H groups in total. The molecule has 0 saturated carbocycles. The number of halogens is 2. The molecule has 0 atom stereocenters. The van der Waals surface area contributed by atoms with Gasteiger partial charge in [0.05, 0.1) is 31.1 Å². The van der Waals surface area contributed by atoms with E-state index in [2.05, 4.69) is 15.9 Å². The molecule has 24 heavy (non-hydrogen) atoms. The van der Waals surface area contributed by atoms with Gasteiger partial charge in [-0.1, -0.05) is 28.1 Å². The first-order valence-electron chi connectivity index (χ1n) is 7.79. The first-order valence-corrected chi connectivity index (χ1v) is 10.0. The number of benzene rings is 2. The molecule has 7 heteroatoms. The molecule has 0 amide bonds. The van der Waals surface area contributed by atoms with Gasteiger partial charge in [0.2, 0.25) is 10.0 Å². The highest BCUT2D eigenvalue weighted by molar-refractivity contribution is 9.10. The summed E-state index contributed by atoms with van der Waals surface area (Å²) in [5.41, 5.74) is 0.939. The third-order valence-electron chi connectivity index (χ3n) is 4.22. The smallest absolute Gasteiger partial charge is 0.243 e. The van der Waals surface area contributed by atoms with Crippen molar-refractivity contribution in [1.29, 1.82) is 0 Å². The van der Waals surface area contributed by atoms with Crippen LogP contribution in [-0.2, 0) is 16.6 Å². The van der Waals surface area contributed by atoms with Gasteiger partial charge in [0.25, 0.3) is 0 Å². The van der Waals surface area contributed by atoms with Crippen LogP contribution in [0.15, 0.2) is 57.9 Å². The van der Waals surface area contributed by atoms with Gasteiger partial charge < -0.3 is 4.90 Å². The van der Waals surface area contributed by atoms with Crippen molar-refractivity contribution in [3.63, 3.8) is 0 Å². The Morgan fingerprint density at radius 2 is 1.75 bits per heavy atom. The molecule has 3 rings (SSSR count). The van der Waals surface area contributed by atoms with Crippen molar-refractivity contribution in [2.45, 2.75) is 11.4 Å². The van der Waals surface area contributed by atoms with E-state index in [9.17, 15) is 12.8 Å². The lowest BCUT2D eigenvalue weighted by molar-refractivity contribution is -0.917. The molecule has 1 fully saturated rings. The maximum Gasteiger partial charge on any atom is 0.243 e. The zero-order chi connectivity index (χ0) is 17.2. The SMILES string of the molecule is O=S(=O)(c1ccc(Br)cc1)N1CC[NH+](Cc2cccc(F)c2)CC1. The van der Waals surface area contributed by atoms with Crippen molar-refractivity contribution in [2.24, 2.45) is 0 Å². The molecule has 1 saturated heterocycles. The van der Waals surface area contributed by atoms with E-state index in [0.717, 1.165) is 10.0 Å². The van der Waals surface area contributed by atoms with E-state index in [1.165, 1.54) is 21.3 Å². The molecular formula is C17H19BrFN2O2S+. The Hall–Kier alpha value is -1.28. The lowest BCUT2D eigenvalue weighted by Crippen LogP contribution is -3.13. The zero-order valence-electron chi connectivity index (χ0n) is 13.1. The van der Waals surface area contributed by atoms with Crippen LogP contribution in [0.25, 0.3) is 0 Å². The molecule has 1 heterocycles. The third-order valence-corrected chi connectivity index (χ3v) is 6.67. The fraction of sp³-hybridized carbons (Fsp3) is 0.294. The van der Waals surface area contributed by atoms with Crippen LogP contribution in [0.4, 0.5) is 4.39 Å². The Balaban J connectivity index is 1.63. The molecule has 0 aliphatic carbocycles. The maximum atomic E-state index is 13.3. The standard InChI is InChI=1S/C17H18BrFN2O2S/c18-15-4-6-17(7-5-15)24(22,23)21-10-8-20(9-11-21)13-14-2-1-3-16(19)12-14/h1-7,12H,8-11,13H2/p+1. The topological polar surface area (TPSA) is 41.8 Å². The number of hydrogen-bond acceptors (Lipinski definition) is 2. The van der Waals surface area contributed by atoms with Crippen LogP contribution in [0.3, 0.4) is 0 Å². The number of hydrogen-bond donors (Lipinski definition) is 1. The fourth-order valence-electron chi connectivity index (χ4n) is 2.91. The van der Waals surface area contributed by atoms with Crippen molar-refractivity contribution in [3.05, 3.63) is 64.4 Å². The number of nitrogens with zero attached hydrogens (tertiary/aromatic N) is 1. The summed E-state index contributed by atoms with van der Waals surface area (Å²) in [6.45, 7) is 3.09. The van der Waals surface area contributed by atoms with Gasteiger partial charge >= 0.3 is 0 Å². The molecule has 2 aromatic rings. The van der Waals surface area contributed by atoms with Crippen molar-refractivity contribution in [3.8, 4) is 0 Å². The predicted octanol–water partition coefficient (Wildman–Crippen LogP) is 1.68. The number of rotatable bonds is 4. The van der Waals surface area contributed by atoms with Crippen LogP contribution in [0.2, 0.25) is 0 Å². The number of quaternary nitrogens is 1. The van der Waals surface area contributed by atoms with E-state index in [4.69, 9.17) is 0 Å². The molecule has 2 aromatic carbocycles. The molecule has 0 aromatic heterocycles. The van der Waals surface area contributed by atoms with Crippen molar-refractivity contribution in [1.82, 2.24) is 4.31 Å². The first-order chi connectivity index (χ1) is 11.4. The Morgan fingerprint density at radius 1 is 1.08 bits per heavy atom. The van der Waals surface area contributed by atoms with Gasteiger partial charge in [0.15, 0.2) is 0 Å². The van der Waals surface area contributed by atoms with Crippen LogP contribution in [0.1, 0.15) is 5.56 Å². The summed E-state index contributed by atoms with van der Waals surface area (Å²) >= 11 is 3.31. The molecule has 0 spiro atoms. The van der Waals surface area contributed by atoms with Gasteiger partial charge in [-0.2, -0.15) is 4.31 Å². The van der Waals surface area contributed by atoms with Gasteiger partial charge in [-0.25, -0.2) is 12.8 Å². The Labute approximate surface area is 150 Å². The molecule has 1 aliphatic rings. The van der Waals surface area contributed by atoms with Crippen molar-refractivity contribution < 1.29 is 17.7 Å². The third kappa shape index (κ3) is 4.03. The summed E-state index contributed by atoms with van der Waals surface area (Å²) in [6.07, 6.45) is 0. The highest BCUT2D eigenvalue weighted by Crippen LogP contribution is 2.18. The Bertz CT molecular complexity index is 804. The van der Waals surface area contributed by atoms with Gasteiger partial charge in [0.1, 0.15) is 12.4 Å². The minimum absolute atomic E-state index is 0.233. The van der Waals surface area contributed by atoms with E-state index < -0.39 is 10.0 Å². The lowest BCUT2D eigenvalue weighted by Gasteiger charge is -2.31. The van der Waals surface area contributed by atoms with Crippen LogP contribution in [0, 0.1) is 5.82 Å². The second-order valence-electron chi connectivity index (χ2n) is 5.91. The minimum Gasteiger partial charge on any atom is -0.329 e. The number of sulfonamides is 1. The van der Waals surface area contributed by atoms with Gasteiger partial charge in [-0.05, 0) is 36.4 Å². The fourth-order valence-corrected chi connectivity index (χ4v) is 4.62. The largest absolute Gasteiger partial charge is 0.329 e. The van der Waals surface area contributed by atoms with Crippen molar-refractivity contribution >= 4 is 26.0 Å². The van der Waals surface area contributed by atoms with Gasteiger partial charge in [0, 0.05) is 10.0 Å². The van der Waals surface area contributed by atoms with Crippen LogP contribution < -0.4 is 4.90 Å². The molecule has 0 unspecified atom stereocenters. The number of nitrogens with one attached hydrogen (secondary N) is 1. The monoisotopic (exact) mass is 413 g/mol. The Morgan fingerprint density at radius 3 is 2.38 bits per heavy atom. The molecule has 0 radical (unpaired) electrons. The maximum absolute atomic E-state index is 13.3. The molecular weight excluding hydrogens is 395 g/mol. The second kappa shape index (κ2) is 7.31. The Kier molecular flexibility index (Phi) is 5.34. The second-order valence-corrected chi connectivity index (χ2v) is 8.77. The normalized spacial score (nSPS) is 17.1. The molecule has 0 bridgehead atoms. The molecule has 4 nitrogen and oxygen atoms in total. The van der Waals surface area contributed by atoms with Crippen LogP contribution in [-0.4, -0.2) is 38.9 Å². The molecule has 1 aliphatic heterocycles. The average Bonchev–Trinajstić information content (AvgIpc) is 2.56. The quantitative estimate of drug-likeness (QED) is 0.828. The summed E-state index contributed by atoms with van der Waals surface area (Å²) in [6, 6.07) is 13.3. The van der Waals surface area contributed by atoms with Crippen molar-refractivity contribution in [2.75, 3.05) is 26.2 Å². The van der Waals surface area contributed by atoms with Crippen LogP contribution in [0.5, 0.6) is 0 Å². The first kappa shape index (κ1) is 17.5. The van der Waals surface area contributed by atoms with Gasteiger partial charge in [-0.15, -0.1) is 0 Å². The summed E-state index contributed by atoms with van der Waals surface area (Å²) in [7, 11) is -3.44. The highest BCUT2D eigenvalue weighted by atomic mass is 79.9.